The van der Waals surface area contributed by atoms with Crippen molar-refractivity contribution >= 4 is 0 Å². The van der Waals surface area contributed by atoms with Gasteiger partial charge in [0.15, 0.2) is 0 Å². The highest BCUT2D eigenvalue weighted by atomic mass is 15.3. The molecular weight excluding hydrogens is 212 g/mol. The van der Waals surface area contributed by atoms with Crippen LogP contribution in [0.2, 0.25) is 0 Å². The van der Waals surface area contributed by atoms with Gasteiger partial charge < -0.3 is 5.32 Å². The molecule has 17 heavy (non-hydrogen) atoms. The average Bonchev–Trinajstić information content (AvgIpc) is 2.77. The molecule has 0 bridgehead atoms. The van der Waals surface area contributed by atoms with Gasteiger partial charge in [-0.2, -0.15) is 5.10 Å². The highest BCUT2D eigenvalue weighted by Crippen LogP contribution is 2.16. The number of aromatic nitrogens is 2. The molecular formula is C13H24N4. The zero-order chi connectivity index (χ0) is 12.3. The zero-order valence-electron chi connectivity index (χ0n) is 11.2. The van der Waals surface area contributed by atoms with Crippen molar-refractivity contribution in [2.75, 3.05) is 19.6 Å². The lowest BCUT2D eigenvalue weighted by atomic mass is 10.0. The predicted octanol–water partition coefficient (Wildman–Crippen LogP) is 1.33. The van der Waals surface area contributed by atoms with Gasteiger partial charge in [0.25, 0.3) is 0 Å². The number of piperazine rings is 1. The highest BCUT2D eigenvalue weighted by molar-refractivity contribution is 5.04. The van der Waals surface area contributed by atoms with Crippen LogP contribution in [0.1, 0.15) is 26.3 Å². The fourth-order valence-corrected chi connectivity index (χ4v) is 2.52. The Kier molecular flexibility index (Phi) is 4.18. The van der Waals surface area contributed by atoms with Gasteiger partial charge in [-0.15, -0.1) is 0 Å². The number of nitrogens with zero attached hydrogens (tertiary/aromatic N) is 3. The number of rotatable bonds is 4. The summed E-state index contributed by atoms with van der Waals surface area (Å²) in [5.41, 5.74) is 1.33. The lowest BCUT2D eigenvalue weighted by Crippen LogP contribution is -2.52. The molecule has 1 aromatic rings. The van der Waals surface area contributed by atoms with Crippen LogP contribution in [0.3, 0.4) is 0 Å². The minimum Gasteiger partial charge on any atom is -0.314 e. The van der Waals surface area contributed by atoms with Crippen LogP contribution in [-0.4, -0.2) is 40.4 Å². The Morgan fingerprint density at radius 1 is 1.53 bits per heavy atom. The third-order valence-corrected chi connectivity index (χ3v) is 3.56. The SMILES string of the molecule is CCn1cc(CN2CCNCC2C(C)C)cn1. The van der Waals surface area contributed by atoms with Crippen LogP contribution in [0, 0.1) is 5.92 Å². The van der Waals surface area contributed by atoms with E-state index in [9.17, 15) is 0 Å². The maximum Gasteiger partial charge on any atom is 0.0534 e. The van der Waals surface area contributed by atoms with Gasteiger partial charge in [-0.1, -0.05) is 13.8 Å². The molecule has 0 radical (unpaired) electrons. The Morgan fingerprint density at radius 3 is 3.00 bits per heavy atom. The molecule has 0 spiro atoms. The van der Waals surface area contributed by atoms with Crippen LogP contribution in [0.4, 0.5) is 0 Å². The van der Waals surface area contributed by atoms with Gasteiger partial charge >= 0.3 is 0 Å². The van der Waals surface area contributed by atoms with Gasteiger partial charge in [-0.25, -0.2) is 0 Å². The zero-order valence-corrected chi connectivity index (χ0v) is 11.2. The highest BCUT2D eigenvalue weighted by Gasteiger charge is 2.24. The second kappa shape index (κ2) is 5.65. The van der Waals surface area contributed by atoms with Crippen molar-refractivity contribution in [2.24, 2.45) is 5.92 Å². The molecule has 4 nitrogen and oxygen atoms in total. The fourth-order valence-electron chi connectivity index (χ4n) is 2.52. The molecule has 0 saturated carbocycles. The van der Waals surface area contributed by atoms with Crippen molar-refractivity contribution < 1.29 is 0 Å². The summed E-state index contributed by atoms with van der Waals surface area (Å²) in [5.74, 6) is 0.698. The van der Waals surface area contributed by atoms with Gasteiger partial charge in [-0.3, -0.25) is 9.58 Å². The monoisotopic (exact) mass is 236 g/mol. The first-order valence-corrected chi connectivity index (χ1v) is 6.66. The van der Waals surface area contributed by atoms with Crippen LogP contribution >= 0.6 is 0 Å². The largest absolute Gasteiger partial charge is 0.314 e. The van der Waals surface area contributed by atoms with E-state index in [-0.39, 0.29) is 0 Å². The lowest BCUT2D eigenvalue weighted by molar-refractivity contribution is 0.117. The molecule has 1 N–H and O–H groups in total. The molecule has 0 amide bonds. The van der Waals surface area contributed by atoms with Crippen LogP contribution < -0.4 is 5.32 Å². The van der Waals surface area contributed by atoms with Crippen molar-refractivity contribution in [1.82, 2.24) is 20.0 Å². The van der Waals surface area contributed by atoms with Crippen molar-refractivity contribution in [3.8, 4) is 0 Å². The second-order valence-electron chi connectivity index (χ2n) is 5.19. The summed E-state index contributed by atoms with van der Waals surface area (Å²) in [4.78, 5) is 2.58. The molecule has 1 unspecified atom stereocenters. The Balaban J connectivity index is 2.00. The van der Waals surface area contributed by atoms with Gasteiger partial charge in [0, 0.05) is 50.5 Å². The summed E-state index contributed by atoms with van der Waals surface area (Å²) in [6.07, 6.45) is 4.17. The normalized spacial score (nSPS) is 22.2. The molecule has 2 rings (SSSR count). The second-order valence-corrected chi connectivity index (χ2v) is 5.19. The third-order valence-electron chi connectivity index (χ3n) is 3.56. The van der Waals surface area contributed by atoms with Crippen LogP contribution in [0.5, 0.6) is 0 Å². The molecule has 0 aromatic carbocycles. The molecule has 1 atom stereocenters. The van der Waals surface area contributed by atoms with Crippen molar-refractivity contribution in [3.63, 3.8) is 0 Å². The molecule has 1 aromatic heterocycles. The van der Waals surface area contributed by atoms with E-state index in [1.54, 1.807) is 0 Å². The Bertz CT molecular complexity index is 345. The molecule has 1 saturated heterocycles. The van der Waals surface area contributed by atoms with E-state index in [0.717, 1.165) is 32.7 Å². The summed E-state index contributed by atoms with van der Waals surface area (Å²) < 4.78 is 2.00. The first kappa shape index (κ1) is 12.6. The molecule has 4 heteroatoms. The van der Waals surface area contributed by atoms with Gasteiger partial charge in [0.2, 0.25) is 0 Å². The van der Waals surface area contributed by atoms with E-state index in [0.29, 0.717) is 12.0 Å². The lowest BCUT2D eigenvalue weighted by Gasteiger charge is -2.38. The number of nitrogens with one attached hydrogen (secondary N) is 1. The maximum atomic E-state index is 4.34. The maximum absolute atomic E-state index is 4.34. The molecule has 1 aliphatic rings. The summed E-state index contributed by atoms with van der Waals surface area (Å²) >= 11 is 0. The van der Waals surface area contributed by atoms with E-state index in [1.807, 2.05) is 10.9 Å². The van der Waals surface area contributed by atoms with E-state index in [4.69, 9.17) is 0 Å². The third kappa shape index (κ3) is 3.07. The Labute approximate surface area is 104 Å². The molecule has 1 fully saturated rings. The van der Waals surface area contributed by atoms with E-state index in [1.165, 1.54) is 5.56 Å². The fraction of sp³-hybridized carbons (Fsp3) is 0.769. The predicted molar refractivity (Wildman–Crippen MR) is 69.8 cm³/mol. The first-order valence-electron chi connectivity index (χ1n) is 6.66. The standard InChI is InChI=1S/C13H24N4/c1-4-17-10-12(7-15-17)9-16-6-5-14-8-13(16)11(2)3/h7,10-11,13-14H,4-6,8-9H2,1-3H3. The van der Waals surface area contributed by atoms with Gasteiger partial charge in [0.1, 0.15) is 0 Å². The van der Waals surface area contributed by atoms with E-state index in [2.05, 4.69) is 42.3 Å². The minimum absolute atomic E-state index is 0.647. The average molecular weight is 236 g/mol. The quantitative estimate of drug-likeness (QED) is 0.856. The number of aryl methyl sites for hydroxylation is 1. The first-order chi connectivity index (χ1) is 8.20. The number of hydrogen-bond acceptors (Lipinski definition) is 3. The van der Waals surface area contributed by atoms with Crippen molar-refractivity contribution in [3.05, 3.63) is 18.0 Å². The summed E-state index contributed by atoms with van der Waals surface area (Å²) in [5, 5.41) is 7.83. The topological polar surface area (TPSA) is 33.1 Å². The van der Waals surface area contributed by atoms with Crippen LogP contribution in [0.25, 0.3) is 0 Å². The van der Waals surface area contributed by atoms with Gasteiger partial charge in [-0.05, 0) is 12.8 Å². The minimum atomic E-state index is 0.647. The smallest absolute Gasteiger partial charge is 0.0534 e. The number of hydrogen-bond donors (Lipinski definition) is 1. The molecule has 1 aliphatic heterocycles. The van der Waals surface area contributed by atoms with Crippen molar-refractivity contribution in [1.29, 1.82) is 0 Å². The molecule has 0 aliphatic carbocycles. The molecule has 96 valence electrons. The van der Waals surface area contributed by atoms with E-state index < -0.39 is 0 Å². The summed E-state index contributed by atoms with van der Waals surface area (Å²) in [6.45, 7) is 12.1. The Morgan fingerprint density at radius 2 is 2.35 bits per heavy atom. The van der Waals surface area contributed by atoms with Crippen LogP contribution in [-0.2, 0) is 13.1 Å². The Hall–Kier alpha value is -0.870. The van der Waals surface area contributed by atoms with E-state index >= 15 is 0 Å². The van der Waals surface area contributed by atoms with Crippen molar-refractivity contribution in [2.45, 2.75) is 39.9 Å². The van der Waals surface area contributed by atoms with Gasteiger partial charge in [0.05, 0.1) is 6.20 Å². The summed E-state index contributed by atoms with van der Waals surface area (Å²) in [7, 11) is 0. The summed E-state index contributed by atoms with van der Waals surface area (Å²) in [6, 6.07) is 0.647. The molecule has 2 heterocycles. The van der Waals surface area contributed by atoms with Crippen LogP contribution in [0.15, 0.2) is 12.4 Å².